The predicted octanol–water partition coefficient (Wildman–Crippen LogP) is 4.40. The van der Waals surface area contributed by atoms with Crippen molar-refractivity contribution in [2.24, 2.45) is 5.92 Å². The van der Waals surface area contributed by atoms with Crippen LogP contribution in [0.3, 0.4) is 0 Å². The number of piperidine rings is 1. The van der Waals surface area contributed by atoms with E-state index >= 15 is 0 Å². The van der Waals surface area contributed by atoms with Gasteiger partial charge in [0.15, 0.2) is 0 Å². The number of benzene rings is 2. The number of nitro benzene ring substituents is 1. The van der Waals surface area contributed by atoms with E-state index in [0.717, 1.165) is 56.6 Å². The van der Waals surface area contributed by atoms with E-state index in [-0.39, 0.29) is 22.7 Å². The quantitative estimate of drug-likeness (QED) is 0.471. The Morgan fingerprint density at radius 3 is 2.28 bits per heavy atom. The molecule has 2 aliphatic rings. The van der Waals surface area contributed by atoms with Gasteiger partial charge in [-0.1, -0.05) is 30.2 Å². The van der Waals surface area contributed by atoms with Gasteiger partial charge in [0.1, 0.15) is 0 Å². The van der Waals surface area contributed by atoms with Crippen LogP contribution in [0.25, 0.3) is 0 Å². The number of halogens is 1. The van der Waals surface area contributed by atoms with Gasteiger partial charge in [0.05, 0.1) is 9.82 Å². The number of hydrogen-bond acceptors (Lipinski definition) is 5. The zero-order valence-corrected chi connectivity index (χ0v) is 19.4. The Balaban J connectivity index is 1.34. The van der Waals surface area contributed by atoms with Gasteiger partial charge in [-0.05, 0) is 80.9 Å². The van der Waals surface area contributed by atoms with Gasteiger partial charge in [-0.2, -0.15) is 0 Å². The summed E-state index contributed by atoms with van der Waals surface area (Å²) in [4.78, 5) is 12.8. The lowest BCUT2D eigenvalue weighted by Crippen LogP contribution is -2.51. The van der Waals surface area contributed by atoms with E-state index in [1.54, 1.807) is 0 Å². The number of nitro groups is 1. The molecule has 2 fully saturated rings. The molecule has 0 radical (unpaired) electrons. The first-order valence-electron chi connectivity index (χ1n) is 11.1. The van der Waals surface area contributed by atoms with Crippen LogP contribution in [0, 0.1) is 16.0 Å². The number of sulfonamides is 1. The third kappa shape index (κ3) is 5.49. The Labute approximate surface area is 194 Å². The van der Waals surface area contributed by atoms with Gasteiger partial charge in [0.25, 0.3) is 5.69 Å². The third-order valence-corrected chi connectivity index (χ3v) is 8.46. The molecule has 0 amide bonds. The van der Waals surface area contributed by atoms with Gasteiger partial charge in [0, 0.05) is 29.2 Å². The monoisotopic (exact) mass is 477 g/mol. The average Bonchev–Trinajstić information content (AvgIpc) is 3.23. The maximum Gasteiger partial charge on any atom is 0.269 e. The summed E-state index contributed by atoms with van der Waals surface area (Å²) >= 11 is 5.98. The summed E-state index contributed by atoms with van der Waals surface area (Å²) in [7, 11) is -3.72. The maximum atomic E-state index is 12.9. The molecular formula is C23H28ClN3O4S. The summed E-state index contributed by atoms with van der Waals surface area (Å²) in [5.74, 6) is 0.629. The summed E-state index contributed by atoms with van der Waals surface area (Å²) in [5.41, 5.74) is 1.19. The van der Waals surface area contributed by atoms with E-state index < -0.39 is 14.9 Å². The Kier molecular flexibility index (Phi) is 7.14. The van der Waals surface area contributed by atoms with Crippen molar-refractivity contribution < 1.29 is 13.3 Å². The summed E-state index contributed by atoms with van der Waals surface area (Å²) in [6.45, 7) is 1.94. The summed E-state index contributed by atoms with van der Waals surface area (Å²) in [6, 6.07) is 13.2. The SMILES string of the molecule is O=[N+]([O-])c1ccc(S(=O)(=O)N[C@@H]2CCC[C@H]2N2CCC(Cc3ccc(Cl)cc3)CC2)cc1. The average molecular weight is 478 g/mol. The lowest BCUT2D eigenvalue weighted by Gasteiger charge is -2.38. The fourth-order valence-corrected chi connectivity index (χ4v) is 6.40. The van der Waals surface area contributed by atoms with Gasteiger partial charge in [-0.15, -0.1) is 0 Å². The van der Waals surface area contributed by atoms with Gasteiger partial charge in [-0.3, -0.25) is 15.0 Å². The molecule has 4 rings (SSSR count). The van der Waals surface area contributed by atoms with E-state index in [1.807, 2.05) is 12.1 Å². The van der Waals surface area contributed by atoms with Crippen LogP contribution in [0.5, 0.6) is 0 Å². The van der Waals surface area contributed by atoms with Crippen molar-refractivity contribution in [1.82, 2.24) is 9.62 Å². The fourth-order valence-electron chi connectivity index (χ4n) is 4.97. The van der Waals surface area contributed by atoms with E-state index in [9.17, 15) is 18.5 Å². The molecule has 1 saturated carbocycles. The number of non-ortho nitro benzene ring substituents is 1. The molecule has 2 aromatic carbocycles. The zero-order valence-electron chi connectivity index (χ0n) is 17.8. The van der Waals surface area contributed by atoms with Gasteiger partial charge in [-0.25, -0.2) is 13.1 Å². The van der Waals surface area contributed by atoms with Crippen molar-refractivity contribution in [1.29, 1.82) is 0 Å². The molecule has 1 saturated heterocycles. The highest BCUT2D eigenvalue weighted by molar-refractivity contribution is 7.89. The predicted molar refractivity (Wildman–Crippen MR) is 124 cm³/mol. The van der Waals surface area contributed by atoms with Gasteiger partial charge >= 0.3 is 0 Å². The molecule has 32 heavy (non-hydrogen) atoms. The van der Waals surface area contributed by atoms with Crippen LogP contribution < -0.4 is 4.72 Å². The minimum Gasteiger partial charge on any atom is -0.299 e. The van der Waals surface area contributed by atoms with Gasteiger partial charge < -0.3 is 0 Å². The lowest BCUT2D eigenvalue weighted by atomic mass is 9.89. The largest absolute Gasteiger partial charge is 0.299 e. The number of nitrogens with zero attached hydrogens (tertiary/aromatic N) is 2. The number of nitrogens with one attached hydrogen (secondary N) is 1. The Morgan fingerprint density at radius 1 is 1.00 bits per heavy atom. The van der Waals surface area contributed by atoms with Crippen LogP contribution in [-0.4, -0.2) is 43.4 Å². The minimum atomic E-state index is -3.72. The molecule has 1 aliphatic heterocycles. The molecule has 0 spiro atoms. The highest BCUT2D eigenvalue weighted by atomic mass is 35.5. The van der Waals surface area contributed by atoms with Crippen molar-refractivity contribution in [3.8, 4) is 0 Å². The molecule has 1 aliphatic carbocycles. The van der Waals surface area contributed by atoms with E-state index in [1.165, 1.54) is 29.8 Å². The molecule has 0 unspecified atom stereocenters. The first kappa shape index (κ1) is 23.2. The fraction of sp³-hybridized carbons (Fsp3) is 0.478. The van der Waals surface area contributed by atoms with Crippen molar-refractivity contribution in [2.75, 3.05) is 13.1 Å². The topological polar surface area (TPSA) is 92.5 Å². The molecule has 2 atom stereocenters. The molecule has 0 bridgehead atoms. The smallest absolute Gasteiger partial charge is 0.269 e. The zero-order chi connectivity index (χ0) is 22.7. The Hall–Kier alpha value is -2.00. The van der Waals surface area contributed by atoms with Crippen molar-refractivity contribution >= 4 is 27.3 Å². The molecule has 1 heterocycles. The molecule has 172 valence electrons. The number of hydrogen-bond donors (Lipinski definition) is 1. The standard InChI is InChI=1S/C23H28ClN3O4S/c24-19-6-4-17(5-7-19)16-18-12-14-26(15-13-18)23-3-1-2-22(23)25-32(30,31)21-10-8-20(9-11-21)27(28)29/h4-11,18,22-23,25H,1-3,12-16H2/t22-,23-/m1/s1. The molecule has 9 heteroatoms. The molecule has 2 aromatic rings. The molecule has 0 aromatic heterocycles. The molecular weight excluding hydrogens is 450 g/mol. The van der Waals surface area contributed by atoms with Crippen molar-refractivity contribution in [3.05, 3.63) is 69.2 Å². The second kappa shape index (κ2) is 9.87. The number of likely N-dealkylation sites (tertiary alicyclic amines) is 1. The Morgan fingerprint density at radius 2 is 1.66 bits per heavy atom. The van der Waals surface area contributed by atoms with Crippen molar-refractivity contribution in [3.63, 3.8) is 0 Å². The normalized spacial score (nSPS) is 22.8. The van der Waals surface area contributed by atoms with Crippen LogP contribution >= 0.6 is 11.6 Å². The summed E-state index contributed by atoms with van der Waals surface area (Å²) in [6.07, 6.45) is 6.02. The van der Waals surface area contributed by atoms with E-state index in [4.69, 9.17) is 11.6 Å². The maximum absolute atomic E-state index is 12.9. The lowest BCUT2D eigenvalue weighted by molar-refractivity contribution is -0.384. The number of rotatable bonds is 7. The molecule has 7 nitrogen and oxygen atoms in total. The first-order chi connectivity index (χ1) is 15.3. The highest BCUT2D eigenvalue weighted by Crippen LogP contribution is 2.31. The van der Waals surface area contributed by atoms with Crippen LogP contribution in [0.1, 0.15) is 37.7 Å². The summed E-state index contributed by atoms with van der Waals surface area (Å²) < 4.78 is 28.6. The first-order valence-corrected chi connectivity index (χ1v) is 12.9. The van der Waals surface area contributed by atoms with Crippen LogP contribution in [0.4, 0.5) is 5.69 Å². The van der Waals surface area contributed by atoms with Crippen LogP contribution in [-0.2, 0) is 16.4 Å². The Bertz CT molecular complexity index is 1040. The van der Waals surface area contributed by atoms with E-state index in [0.29, 0.717) is 5.92 Å². The summed E-state index contributed by atoms with van der Waals surface area (Å²) in [5, 5.41) is 11.6. The minimum absolute atomic E-state index is 0.0652. The van der Waals surface area contributed by atoms with Crippen LogP contribution in [0.2, 0.25) is 5.02 Å². The van der Waals surface area contributed by atoms with Gasteiger partial charge in [0.2, 0.25) is 10.0 Å². The van der Waals surface area contributed by atoms with E-state index in [2.05, 4.69) is 21.8 Å². The third-order valence-electron chi connectivity index (χ3n) is 6.70. The second-order valence-electron chi connectivity index (χ2n) is 8.79. The van der Waals surface area contributed by atoms with Crippen LogP contribution in [0.15, 0.2) is 53.4 Å². The second-order valence-corrected chi connectivity index (χ2v) is 10.9. The highest BCUT2D eigenvalue weighted by Gasteiger charge is 2.36. The molecule has 1 N–H and O–H groups in total. The van der Waals surface area contributed by atoms with Crippen molar-refractivity contribution in [2.45, 2.75) is 55.5 Å².